The summed E-state index contributed by atoms with van der Waals surface area (Å²) >= 11 is 0. The van der Waals surface area contributed by atoms with Gasteiger partial charge in [0.05, 0.1) is 12.2 Å². The number of amides is 1. The average Bonchev–Trinajstić information content (AvgIpc) is 3.35. The summed E-state index contributed by atoms with van der Waals surface area (Å²) in [6.45, 7) is 0.685. The zero-order chi connectivity index (χ0) is 15.6. The number of benzene rings is 1. The molecule has 0 aliphatic carbocycles. The fraction of sp³-hybridized carbons (Fsp3) is 0.250. The van der Waals surface area contributed by atoms with Crippen molar-refractivity contribution in [2.75, 3.05) is 6.54 Å². The van der Waals surface area contributed by atoms with Crippen molar-refractivity contribution in [1.29, 1.82) is 0 Å². The molecule has 0 bridgehead atoms. The molecule has 7 heteroatoms. The van der Waals surface area contributed by atoms with E-state index < -0.39 is 0 Å². The summed E-state index contributed by atoms with van der Waals surface area (Å²) in [6, 6.07) is 7.21. The summed E-state index contributed by atoms with van der Waals surface area (Å²) in [5.74, 6) is 1.15. The molecule has 0 radical (unpaired) electrons. The maximum atomic E-state index is 12.9. The van der Waals surface area contributed by atoms with Crippen LogP contribution < -0.4 is 0 Å². The number of nitrogens with zero attached hydrogens (tertiary/aromatic N) is 4. The smallest absolute Gasteiger partial charge is 0.254 e. The molecule has 4 rings (SSSR count). The first-order valence-corrected chi connectivity index (χ1v) is 7.39. The zero-order valence-corrected chi connectivity index (χ0v) is 12.3. The van der Waals surface area contributed by atoms with Crippen molar-refractivity contribution in [2.45, 2.75) is 18.9 Å². The molecule has 23 heavy (non-hydrogen) atoms. The van der Waals surface area contributed by atoms with E-state index in [1.54, 1.807) is 17.2 Å². The van der Waals surface area contributed by atoms with Gasteiger partial charge >= 0.3 is 0 Å². The molecule has 116 valence electrons. The number of carbonyl (C=O) groups excluding carboxylic acids is 1. The second kappa shape index (κ2) is 5.68. The molecule has 1 aromatic carbocycles. The van der Waals surface area contributed by atoms with Crippen LogP contribution in [0.4, 0.5) is 0 Å². The first-order chi connectivity index (χ1) is 11.3. The number of aromatic nitrogens is 3. The highest BCUT2D eigenvalue weighted by molar-refractivity contribution is 5.95. The van der Waals surface area contributed by atoms with E-state index in [2.05, 4.69) is 15.1 Å². The molecule has 1 atom stereocenters. The molecule has 0 N–H and O–H groups in total. The van der Waals surface area contributed by atoms with Gasteiger partial charge in [-0.25, -0.2) is 4.98 Å². The van der Waals surface area contributed by atoms with Gasteiger partial charge in [-0.3, -0.25) is 4.79 Å². The molecule has 1 fully saturated rings. The van der Waals surface area contributed by atoms with Gasteiger partial charge in [0.1, 0.15) is 0 Å². The van der Waals surface area contributed by atoms with Crippen molar-refractivity contribution < 1.29 is 13.7 Å². The van der Waals surface area contributed by atoms with Crippen LogP contribution in [0.2, 0.25) is 0 Å². The average molecular weight is 310 g/mol. The lowest BCUT2D eigenvalue weighted by molar-refractivity contribution is 0.0728. The van der Waals surface area contributed by atoms with Gasteiger partial charge in [0.15, 0.2) is 18.0 Å². The molecular weight excluding hydrogens is 296 g/mol. The first kappa shape index (κ1) is 13.7. The van der Waals surface area contributed by atoms with Crippen LogP contribution in [0.3, 0.4) is 0 Å². The third kappa shape index (κ3) is 2.50. The van der Waals surface area contributed by atoms with Crippen LogP contribution in [0.25, 0.3) is 11.3 Å². The maximum absolute atomic E-state index is 12.9. The van der Waals surface area contributed by atoms with Gasteiger partial charge in [-0.2, -0.15) is 4.98 Å². The van der Waals surface area contributed by atoms with Crippen LogP contribution in [0.15, 0.2) is 52.2 Å². The van der Waals surface area contributed by atoms with E-state index >= 15 is 0 Å². The summed E-state index contributed by atoms with van der Waals surface area (Å²) in [7, 11) is 0. The SMILES string of the molecule is O=C(c1cccc(-c2cnco2)c1)N1CCCC1c1ncon1. The molecule has 1 saturated heterocycles. The minimum absolute atomic E-state index is 0.0429. The van der Waals surface area contributed by atoms with E-state index in [1.165, 1.54) is 12.8 Å². The number of carbonyl (C=O) groups is 1. The Morgan fingerprint density at radius 2 is 2.26 bits per heavy atom. The fourth-order valence-corrected chi connectivity index (χ4v) is 2.93. The lowest BCUT2D eigenvalue weighted by Crippen LogP contribution is -2.31. The fourth-order valence-electron chi connectivity index (χ4n) is 2.93. The second-order valence-corrected chi connectivity index (χ2v) is 5.39. The zero-order valence-electron chi connectivity index (χ0n) is 12.3. The summed E-state index contributed by atoms with van der Waals surface area (Å²) in [5.41, 5.74) is 1.43. The molecule has 3 aromatic rings. The molecule has 2 aromatic heterocycles. The molecule has 1 aliphatic rings. The van der Waals surface area contributed by atoms with Crippen LogP contribution >= 0.6 is 0 Å². The molecule has 0 saturated carbocycles. The third-order valence-corrected chi connectivity index (χ3v) is 4.02. The van der Waals surface area contributed by atoms with E-state index in [1.807, 2.05) is 18.2 Å². The minimum atomic E-state index is -0.129. The van der Waals surface area contributed by atoms with Crippen LogP contribution in [-0.4, -0.2) is 32.5 Å². The molecule has 1 unspecified atom stereocenters. The molecule has 7 nitrogen and oxygen atoms in total. The van der Waals surface area contributed by atoms with Gasteiger partial charge in [0, 0.05) is 17.7 Å². The highest BCUT2D eigenvalue weighted by Gasteiger charge is 2.33. The minimum Gasteiger partial charge on any atom is -0.444 e. The largest absolute Gasteiger partial charge is 0.444 e. The van der Waals surface area contributed by atoms with E-state index in [0.717, 1.165) is 18.4 Å². The van der Waals surface area contributed by atoms with Gasteiger partial charge in [-0.15, -0.1) is 0 Å². The van der Waals surface area contributed by atoms with E-state index in [9.17, 15) is 4.79 Å². The Morgan fingerprint density at radius 3 is 3.04 bits per heavy atom. The first-order valence-electron chi connectivity index (χ1n) is 7.39. The van der Waals surface area contributed by atoms with Crippen LogP contribution in [0, 0.1) is 0 Å². The molecule has 3 heterocycles. The lowest BCUT2D eigenvalue weighted by atomic mass is 10.1. The molecular formula is C16H14N4O3. The third-order valence-electron chi connectivity index (χ3n) is 4.02. The van der Waals surface area contributed by atoms with Gasteiger partial charge in [0.2, 0.25) is 6.39 Å². The summed E-state index contributed by atoms with van der Waals surface area (Å²) in [5, 5.41) is 3.88. The van der Waals surface area contributed by atoms with Crippen molar-refractivity contribution in [2.24, 2.45) is 0 Å². The van der Waals surface area contributed by atoms with Crippen LogP contribution in [-0.2, 0) is 0 Å². The molecule has 1 aliphatic heterocycles. The van der Waals surface area contributed by atoms with Crippen molar-refractivity contribution in [3.63, 3.8) is 0 Å². The normalized spacial score (nSPS) is 17.6. The number of hydrogen-bond donors (Lipinski definition) is 0. The standard InChI is InChI=1S/C16H14N4O3/c21-16(20-6-2-5-13(20)15-18-10-23-19-15)12-4-1-3-11(7-12)14-8-17-9-22-14/h1,3-4,7-10,13H,2,5-6H2. The topological polar surface area (TPSA) is 85.3 Å². The van der Waals surface area contributed by atoms with E-state index in [-0.39, 0.29) is 11.9 Å². The Hall–Kier alpha value is -2.96. The predicted octanol–water partition coefficient (Wildman–Crippen LogP) is 2.70. The second-order valence-electron chi connectivity index (χ2n) is 5.39. The van der Waals surface area contributed by atoms with Gasteiger partial charge in [-0.05, 0) is 25.0 Å². The summed E-state index contributed by atoms with van der Waals surface area (Å²) < 4.78 is 10.1. The van der Waals surface area contributed by atoms with Gasteiger partial charge < -0.3 is 13.8 Å². The monoisotopic (exact) mass is 310 g/mol. The Bertz CT molecular complexity index is 799. The quantitative estimate of drug-likeness (QED) is 0.739. The van der Waals surface area contributed by atoms with E-state index in [4.69, 9.17) is 8.94 Å². The van der Waals surface area contributed by atoms with Crippen molar-refractivity contribution >= 4 is 5.91 Å². The Kier molecular flexibility index (Phi) is 3.38. The number of oxazole rings is 1. The number of hydrogen-bond acceptors (Lipinski definition) is 6. The number of rotatable bonds is 3. The van der Waals surface area contributed by atoms with Crippen LogP contribution in [0.5, 0.6) is 0 Å². The highest BCUT2D eigenvalue weighted by atomic mass is 16.5. The molecule has 1 amide bonds. The predicted molar refractivity (Wildman–Crippen MR) is 79.2 cm³/mol. The van der Waals surface area contributed by atoms with Crippen LogP contribution in [0.1, 0.15) is 35.1 Å². The summed E-state index contributed by atoms with van der Waals surface area (Å²) in [6.07, 6.45) is 6.05. The van der Waals surface area contributed by atoms with Gasteiger partial charge in [-0.1, -0.05) is 17.3 Å². The lowest BCUT2D eigenvalue weighted by Gasteiger charge is -2.22. The van der Waals surface area contributed by atoms with E-state index in [0.29, 0.717) is 23.7 Å². The molecule has 0 spiro atoms. The Balaban J connectivity index is 1.63. The van der Waals surface area contributed by atoms with Crippen molar-refractivity contribution in [1.82, 2.24) is 20.0 Å². The van der Waals surface area contributed by atoms with Crippen molar-refractivity contribution in [3.05, 3.63) is 54.6 Å². The van der Waals surface area contributed by atoms with Crippen molar-refractivity contribution in [3.8, 4) is 11.3 Å². The highest BCUT2D eigenvalue weighted by Crippen LogP contribution is 2.31. The number of likely N-dealkylation sites (tertiary alicyclic amines) is 1. The Morgan fingerprint density at radius 1 is 1.30 bits per heavy atom. The Labute approximate surface area is 131 Å². The maximum Gasteiger partial charge on any atom is 0.254 e. The van der Waals surface area contributed by atoms with Gasteiger partial charge in [0.25, 0.3) is 5.91 Å². The summed E-state index contributed by atoms with van der Waals surface area (Å²) in [4.78, 5) is 22.7.